The molecule has 36 heavy (non-hydrogen) atoms. The van der Waals surface area contributed by atoms with Crippen LogP contribution < -0.4 is 15.6 Å². The number of carboxylic acid groups (broad SMARTS) is 1. The molecule has 2 N–H and O–H groups in total. The number of Topliss-reactive ketones (excluding diaryl/α,β-unsaturated/α-hetero) is 1. The molecule has 190 valence electrons. The van der Waals surface area contributed by atoms with Crippen LogP contribution in [0.25, 0.3) is 10.9 Å². The zero-order valence-electron chi connectivity index (χ0n) is 18.6. The first kappa shape index (κ1) is 26.3. The maximum Gasteiger partial charge on any atom is 0.305 e. The monoisotopic (exact) mass is 509 g/mol. The number of amides is 1. The zero-order valence-corrected chi connectivity index (χ0v) is 18.6. The first-order chi connectivity index (χ1) is 17.0. The average molecular weight is 509 g/mol. The number of hydrogen-bond acceptors (Lipinski definition) is 6. The molecule has 1 aromatic heterocycles. The summed E-state index contributed by atoms with van der Waals surface area (Å²) in [6.07, 6.45) is 0.243. The standard InChI is InChI=1S/C23H19F4N3O6/c1-2-16(30-10-28-14-6-4-3-5-11(14)23(30)35)22(34)29-15(8-18(32)33)17(31)9-36-21-19(26)12(24)7-13(25)20(21)27/h3-7,10,15-16H,2,8-9H2,1H3,(H,29,34)(H,32,33)/t15?,16-/m0/s1. The number of hydrogen-bond donors (Lipinski definition) is 2. The van der Waals surface area contributed by atoms with Gasteiger partial charge in [0.1, 0.15) is 18.7 Å². The first-order valence-corrected chi connectivity index (χ1v) is 10.5. The molecule has 1 heterocycles. The van der Waals surface area contributed by atoms with E-state index in [9.17, 15) is 36.7 Å². The van der Waals surface area contributed by atoms with Gasteiger partial charge in [0.2, 0.25) is 17.5 Å². The highest BCUT2D eigenvalue weighted by atomic mass is 19.2. The third-order valence-electron chi connectivity index (χ3n) is 5.23. The number of aromatic nitrogens is 2. The largest absolute Gasteiger partial charge is 0.481 e. The second kappa shape index (κ2) is 11.0. The second-order valence-corrected chi connectivity index (χ2v) is 7.61. The minimum absolute atomic E-state index is 0.0508. The van der Waals surface area contributed by atoms with Gasteiger partial charge in [-0.2, -0.15) is 8.78 Å². The van der Waals surface area contributed by atoms with Crippen LogP contribution in [0.5, 0.6) is 5.75 Å². The van der Waals surface area contributed by atoms with Gasteiger partial charge in [-0.05, 0) is 18.6 Å². The van der Waals surface area contributed by atoms with Crippen molar-refractivity contribution in [3.05, 3.63) is 70.3 Å². The number of halogens is 4. The number of fused-ring (bicyclic) bond motifs is 1. The Labute approximate surface area is 200 Å². The van der Waals surface area contributed by atoms with Gasteiger partial charge in [0.15, 0.2) is 23.2 Å². The molecule has 13 heteroatoms. The fourth-order valence-corrected chi connectivity index (χ4v) is 3.42. The Morgan fingerprint density at radius 2 is 1.75 bits per heavy atom. The third-order valence-corrected chi connectivity index (χ3v) is 5.23. The maximum absolute atomic E-state index is 13.8. The molecular formula is C23H19F4N3O6. The van der Waals surface area contributed by atoms with Crippen molar-refractivity contribution >= 4 is 28.6 Å². The first-order valence-electron chi connectivity index (χ1n) is 10.5. The summed E-state index contributed by atoms with van der Waals surface area (Å²) in [5.74, 6) is -12.4. The van der Waals surface area contributed by atoms with E-state index in [-0.39, 0.29) is 17.9 Å². The van der Waals surface area contributed by atoms with Crippen molar-refractivity contribution in [2.24, 2.45) is 0 Å². The molecule has 3 rings (SSSR count). The van der Waals surface area contributed by atoms with E-state index in [2.05, 4.69) is 15.0 Å². The highest BCUT2D eigenvalue weighted by molar-refractivity contribution is 5.93. The lowest BCUT2D eigenvalue weighted by Crippen LogP contribution is -2.48. The summed E-state index contributed by atoms with van der Waals surface area (Å²) in [5.41, 5.74) is -0.163. The van der Waals surface area contributed by atoms with Crippen LogP contribution in [0.4, 0.5) is 17.6 Å². The summed E-state index contributed by atoms with van der Waals surface area (Å²) >= 11 is 0. The van der Waals surface area contributed by atoms with Gasteiger partial charge in [0, 0.05) is 6.07 Å². The topological polar surface area (TPSA) is 128 Å². The molecule has 1 unspecified atom stereocenters. The van der Waals surface area contributed by atoms with E-state index in [0.29, 0.717) is 5.52 Å². The maximum atomic E-state index is 13.8. The van der Waals surface area contributed by atoms with Gasteiger partial charge in [0.05, 0.1) is 23.7 Å². The highest BCUT2D eigenvalue weighted by Gasteiger charge is 2.30. The van der Waals surface area contributed by atoms with Crippen LogP contribution in [0.3, 0.4) is 0 Å². The number of carbonyl (C=O) groups excluding carboxylic acids is 2. The minimum Gasteiger partial charge on any atom is -0.481 e. The van der Waals surface area contributed by atoms with Crippen LogP contribution in [-0.2, 0) is 14.4 Å². The van der Waals surface area contributed by atoms with Gasteiger partial charge in [0.25, 0.3) is 5.56 Å². The molecule has 0 bridgehead atoms. The van der Waals surface area contributed by atoms with Gasteiger partial charge >= 0.3 is 5.97 Å². The van der Waals surface area contributed by atoms with E-state index in [0.717, 1.165) is 10.9 Å². The van der Waals surface area contributed by atoms with Crippen molar-refractivity contribution in [1.29, 1.82) is 0 Å². The fraction of sp³-hybridized carbons (Fsp3) is 0.261. The van der Waals surface area contributed by atoms with E-state index in [1.165, 1.54) is 6.07 Å². The summed E-state index contributed by atoms with van der Waals surface area (Å²) in [5, 5.41) is 11.6. The van der Waals surface area contributed by atoms with Gasteiger partial charge < -0.3 is 15.2 Å². The Kier molecular flexibility index (Phi) is 8.02. The van der Waals surface area contributed by atoms with Crippen LogP contribution in [0.2, 0.25) is 0 Å². The molecule has 0 radical (unpaired) electrons. The van der Waals surface area contributed by atoms with E-state index < -0.39 is 77.3 Å². The van der Waals surface area contributed by atoms with E-state index in [1.807, 2.05) is 0 Å². The van der Waals surface area contributed by atoms with E-state index >= 15 is 0 Å². The lowest BCUT2D eigenvalue weighted by atomic mass is 10.1. The van der Waals surface area contributed by atoms with E-state index in [1.54, 1.807) is 25.1 Å². The fourth-order valence-electron chi connectivity index (χ4n) is 3.42. The predicted octanol–water partition coefficient (Wildman–Crippen LogP) is 2.51. The quantitative estimate of drug-likeness (QED) is 0.318. The number of carboxylic acids is 1. The van der Waals surface area contributed by atoms with Crippen LogP contribution >= 0.6 is 0 Å². The molecule has 3 aromatic rings. The third kappa shape index (κ3) is 5.50. The number of benzene rings is 2. The Morgan fingerprint density at radius 1 is 1.11 bits per heavy atom. The summed E-state index contributed by atoms with van der Waals surface area (Å²) in [6.45, 7) is 0.344. The van der Waals surface area contributed by atoms with Crippen molar-refractivity contribution in [2.45, 2.75) is 31.8 Å². The van der Waals surface area contributed by atoms with Crippen molar-refractivity contribution in [1.82, 2.24) is 14.9 Å². The molecule has 0 saturated heterocycles. The minimum atomic E-state index is -1.89. The SMILES string of the molecule is CC[C@@H](C(=O)NC(CC(=O)O)C(=O)COc1c(F)c(F)cc(F)c1F)n1cnc2ccccc2c1=O. The van der Waals surface area contributed by atoms with Crippen molar-refractivity contribution < 1.29 is 41.8 Å². The Morgan fingerprint density at radius 3 is 2.36 bits per heavy atom. The van der Waals surface area contributed by atoms with Crippen molar-refractivity contribution in [3.8, 4) is 5.75 Å². The number of nitrogens with one attached hydrogen (secondary N) is 1. The molecule has 0 fully saturated rings. The number of para-hydroxylation sites is 1. The summed E-state index contributed by atoms with van der Waals surface area (Å²) in [4.78, 5) is 53.7. The number of rotatable bonds is 10. The molecule has 0 aliphatic carbocycles. The van der Waals surface area contributed by atoms with Crippen molar-refractivity contribution in [2.75, 3.05) is 6.61 Å². The van der Waals surface area contributed by atoms with Gasteiger partial charge in [-0.25, -0.2) is 13.8 Å². The second-order valence-electron chi connectivity index (χ2n) is 7.61. The number of carbonyl (C=O) groups is 3. The molecule has 0 aliphatic rings. The number of ether oxygens (including phenoxy) is 1. The van der Waals surface area contributed by atoms with Crippen LogP contribution in [-0.4, -0.2) is 45.0 Å². The molecular weight excluding hydrogens is 490 g/mol. The summed E-state index contributed by atoms with van der Waals surface area (Å²) in [7, 11) is 0. The summed E-state index contributed by atoms with van der Waals surface area (Å²) < 4.78 is 59.9. The van der Waals surface area contributed by atoms with Gasteiger partial charge in [-0.15, -0.1) is 0 Å². The van der Waals surface area contributed by atoms with Gasteiger partial charge in [-0.1, -0.05) is 19.1 Å². The van der Waals surface area contributed by atoms with Gasteiger partial charge in [-0.3, -0.25) is 23.7 Å². The average Bonchev–Trinajstić information content (AvgIpc) is 2.84. The molecule has 1 amide bonds. The number of nitrogens with zero attached hydrogens (tertiary/aromatic N) is 2. The molecule has 0 saturated carbocycles. The Hall–Kier alpha value is -4.29. The van der Waals surface area contributed by atoms with E-state index in [4.69, 9.17) is 5.11 Å². The number of aliphatic carboxylic acids is 1. The molecule has 2 atom stereocenters. The molecule has 9 nitrogen and oxygen atoms in total. The van der Waals surface area contributed by atoms with Crippen molar-refractivity contribution in [3.63, 3.8) is 0 Å². The highest BCUT2D eigenvalue weighted by Crippen LogP contribution is 2.26. The molecule has 0 spiro atoms. The van der Waals surface area contributed by atoms with Crippen LogP contribution in [0.15, 0.2) is 41.5 Å². The Bertz CT molecular complexity index is 1370. The smallest absolute Gasteiger partial charge is 0.305 e. The normalized spacial score (nSPS) is 12.7. The van der Waals surface area contributed by atoms with Crippen LogP contribution in [0, 0.1) is 23.3 Å². The van der Waals surface area contributed by atoms with Crippen LogP contribution in [0.1, 0.15) is 25.8 Å². The lowest BCUT2D eigenvalue weighted by molar-refractivity contribution is -0.140. The molecule has 2 aromatic carbocycles. The zero-order chi connectivity index (χ0) is 26.6. The molecule has 0 aliphatic heterocycles. The Balaban J connectivity index is 1.82. The lowest BCUT2D eigenvalue weighted by Gasteiger charge is -2.22. The number of ketones is 1. The summed E-state index contributed by atoms with van der Waals surface area (Å²) in [6, 6.07) is 3.39. The predicted molar refractivity (Wildman–Crippen MR) is 116 cm³/mol.